The lowest BCUT2D eigenvalue weighted by Crippen LogP contribution is -2.15. The molecule has 0 aliphatic rings. The molecular formula is C10H8N2O4S. The van der Waals surface area contributed by atoms with Crippen molar-refractivity contribution >= 4 is 26.9 Å². The number of rotatable bonds is 2. The van der Waals surface area contributed by atoms with E-state index in [1.165, 1.54) is 6.07 Å². The van der Waals surface area contributed by atoms with Crippen LogP contribution in [-0.4, -0.2) is 24.5 Å². The first-order valence-corrected chi connectivity index (χ1v) is 6.10. The fourth-order valence-corrected chi connectivity index (χ4v) is 1.98. The van der Waals surface area contributed by atoms with Gasteiger partial charge in [-0.15, -0.1) is 0 Å². The number of aromatic carboxylic acids is 1. The molecule has 17 heavy (non-hydrogen) atoms. The van der Waals surface area contributed by atoms with E-state index in [1.54, 1.807) is 18.2 Å². The Morgan fingerprint density at radius 1 is 1.29 bits per heavy atom. The van der Waals surface area contributed by atoms with Crippen LogP contribution in [0, 0.1) is 0 Å². The summed E-state index contributed by atoms with van der Waals surface area (Å²) in [6.07, 6.45) is 0. The lowest BCUT2D eigenvalue weighted by atomic mass is 10.1. The van der Waals surface area contributed by atoms with E-state index in [2.05, 4.69) is 4.98 Å². The molecule has 0 aliphatic carbocycles. The number of para-hydroxylation sites is 1. The summed E-state index contributed by atoms with van der Waals surface area (Å²) in [7, 11) is -4.02. The highest BCUT2D eigenvalue weighted by molar-refractivity contribution is 7.89. The van der Waals surface area contributed by atoms with E-state index in [0.717, 1.165) is 6.07 Å². The zero-order chi connectivity index (χ0) is 12.6. The number of aromatic nitrogens is 1. The van der Waals surface area contributed by atoms with Crippen LogP contribution < -0.4 is 5.14 Å². The predicted octanol–water partition coefficient (Wildman–Crippen LogP) is 0.580. The van der Waals surface area contributed by atoms with Crippen molar-refractivity contribution in [2.45, 2.75) is 5.03 Å². The number of fused-ring (bicyclic) bond motifs is 1. The molecule has 0 amide bonds. The van der Waals surface area contributed by atoms with Crippen molar-refractivity contribution in [1.82, 2.24) is 4.98 Å². The van der Waals surface area contributed by atoms with E-state index in [0.29, 0.717) is 5.39 Å². The number of hydrogen-bond donors (Lipinski definition) is 2. The fourth-order valence-electron chi connectivity index (χ4n) is 1.47. The number of pyridine rings is 1. The van der Waals surface area contributed by atoms with Crippen molar-refractivity contribution in [3.63, 3.8) is 0 Å². The average Bonchev–Trinajstić information content (AvgIpc) is 2.26. The van der Waals surface area contributed by atoms with Crippen molar-refractivity contribution in [3.8, 4) is 0 Å². The van der Waals surface area contributed by atoms with Gasteiger partial charge in [-0.2, -0.15) is 0 Å². The summed E-state index contributed by atoms with van der Waals surface area (Å²) >= 11 is 0. The second-order valence-corrected chi connectivity index (χ2v) is 4.88. The predicted molar refractivity (Wildman–Crippen MR) is 60.1 cm³/mol. The Morgan fingerprint density at radius 3 is 2.53 bits per heavy atom. The van der Waals surface area contributed by atoms with Crippen LogP contribution in [0.25, 0.3) is 10.9 Å². The lowest BCUT2D eigenvalue weighted by Gasteiger charge is -2.04. The second kappa shape index (κ2) is 3.79. The summed E-state index contributed by atoms with van der Waals surface area (Å²) in [5.41, 5.74) is 0.135. The lowest BCUT2D eigenvalue weighted by molar-refractivity contribution is 0.0698. The molecule has 7 heteroatoms. The zero-order valence-electron chi connectivity index (χ0n) is 8.49. The summed E-state index contributed by atoms with van der Waals surface area (Å²) in [6, 6.07) is 7.32. The molecule has 2 rings (SSSR count). The number of nitrogens with zero attached hydrogens (tertiary/aromatic N) is 1. The first-order chi connectivity index (χ1) is 7.89. The molecule has 0 saturated heterocycles. The minimum absolute atomic E-state index is 0.139. The van der Waals surface area contributed by atoms with Gasteiger partial charge in [-0.1, -0.05) is 18.2 Å². The van der Waals surface area contributed by atoms with Crippen LogP contribution in [0.15, 0.2) is 35.4 Å². The normalized spacial score (nSPS) is 11.6. The van der Waals surface area contributed by atoms with Crippen molar-refractivity contribution in [2.75, 3.05) is 0 Å². The van der Waals surface area contributed by atoms with Gasteiger partial charge in [-0.25, -0.2) is 23.3 Å². The molecule has 1 heterocycles. The quantitative estimate of drug-likeness (QED) is 0.812. The van der Waals surface area contributed by atoms with Gasteiger partial charge in [0, 0.05) is 5.39 Å². The molecule has 0 radical (unpaired) electrons. The molecule has 2 aromatic rings. The van der Waals surface area contributed by atoms with Gasteiger partial charge < -0.3 is 5.11 Å². The molecule has 88 valence electrons. The molecule has 0 aliphatic heterocycles. The summed E-state index contributed by atoms with van der Waals surface area (Å²) < 4.78 is 22.3. The number of sulfonamides is 1. The average molecular weight is 252 g/mol. The largest absolute Gasteiger partial charge is 0.478 e. The van der Waals surface area contributed by atoms with Gasteiger partial charge in [-0.3, -0.25) is 0 Å². The third-order valence-electron chi connectivity index (χ3n) is 2.21. The molecule has 0 fully saturated rings. The highest BCUT2D eigenvalue weighted by Crippen LogP contribution is 2.19. The van der Waals surface area contributed by atoms with E-state index in [1.807, 2.05) is 0 Å². The van der Waals surface area contributed by atoms with E-state index in [9.17, 15) is 13.2 Å². The van der Waals surface area contributed by atoms with Crippen LogP contribution >= 0.6 is 0 Å². The Labute approximate surface area is 96.8 Å². The maximum atomic E-state index is 11.2. The summed E-state index contributed by atoms with van der Waals surface area (Å²) in [4.78, 5) is 14.8. The molecule has 0 bridgehead atoms. The van der Waals surface area contributed by atoms with Crippen LogP contribution in [0.3, 0.4) is 0 Å². The maximum Gasteiger partial charge on any atom is 0.336 e. The third kappa shape index (κ3) is 2.10. The van der Waals surface area contributed by atoms with Crippen LogP contribution in [0.2, 0.25) is 0 Å². The molecule has 6 nitrogen and oxygen atoms in total. The SMILES string of the molecule is NS(=O)(=O)c1cc(C(=O)O)c2ccccc2n1. The molecule has 3 N–H and O–H groups in total. The van der Waals surface area contributed by atoms with Crippen LogP contribution in [-0.2, 0) is 10.0 Å². The number of carbonyl (C=O) groups is 1. The minimum Gasteiger partial charge on any atom is -0.478 e. The van der Waals surface area contributed by atoms with E-state index < -0.39 is 21.0 Å². The number of nitrogens with two attached hydrogens (primary N) is 1. The van der Waals surface area contributed by atoms with E-state index >= 15 is 0 Å². The standard InChI is InChI=1S/C10H8N2O4S/c11-17(15,16)9-5-7(10(13)14)6-3-1-2-4-8(6)12-9/h1-5H,(H,13,14)(H2,11,15,16). The van der Waals surface area contributed by atoms with Gasteiger partial charge in [0.25, 0.3) is 10.0 Å². The van der Waals surface area contributed by atoms with E-state index in [4.69, 9.17) is 10.2 Å². The van der Waals surface area contributed by atoms with Crippen molar-refractivity contribution in [1.29, 1.82) is 0 Å². The van der Waals surface area contributed by atoms with Gasteiger partial charge in [0.1, 0.15) is 0 Å². The molecule has 0 spiro atoms. The molecular weight excluding hydrogens is 244 g/mol. The zero-order valence-corrected chi connectivity index (χ0v) is 9.31. The Kier molecular flexibility index (Phi) is 2.56. The van der Waals surface area contributed by atoms with E-state index in [-0.39, 0.29) is 11.1 Å². The number of benzene rings is 1. The topological polar surface area (TPSA) is 110 Å². The first-order valence-electron chi connectivity index (χ1n) is 4.55. The molecule has 0 unspecified atom stereocenters. The Bertz CT molecular complexity index is 709. The highest BCUT2D eigenvalue weighted by Gasteiger charge is 2.17. The van der Waals surface area contributed by atoms with Gasteiger partial charge >= 0.3 is 5.97 Å². The van der Waals surface area contributed by atoms with Gasteiger partial charge in [0.05, 0.1) is 11.1 Å². The molecule has 0 saturated carbocycles. The summed E-state index contributed by atoms with van der Waals surface area (Å²) in [6.45, 7) is 0. The van der Waals surface area contributed by atoms with Crippen molar-refractivity contribution < 1.29 is 18.3 Å². The number of hydrogen-bond acceptors (Lipinski definition) is 4. The number of primary sulfonamides is 1. The van der Waals surface area contributed by atoms with Gasteiger partial charge in [0.15, 0.2) is 5.03 Å². The number of carboxylic acids is 1. The maximum absolute atomic E-state index is 11.2. The van der Waals surface area contributed by atoms with Crippen LogP contribution in [0.1, 0.15) is 10.4 Å². The van der Waals surface area contributed by atoms with Crippen LogP contribution in [0.4, 0.5) is 0 Å². The Hall–Kier alpha value is -1.99. The second-order valence-electron chi connectivity index (χ2n) is 3.38. The monoisotopic (exact) mass is 252 g/mol. The number of carboxylic acid groups (broad SMARTS) is 1. The fraction of sp³-hybridized carbons (Fsp3) is 0. The van der Waals surface area contributed by atoms with Crippen molar-refractivity contribution in [2.24, 2.45) is 5.14 Å². The van der Waals surface area contributed by atoms with Gasteiger partial charge in [0.2, 0.25) is 0 Å². The third-order valence-corrected chi connectivity index (χ3v) is 3.01. The van der Waals surface area contributed by atoms with Crippen LogP contribution in [0.5, 0.6) is 0 Å². The van der Waals surface area contributed by atoms with Gasteiger partial charge in [-0.05, 0) is 12.1 Å². The molecule has 1 aromatic heterocycles. The molecule has 1 aromatic carbocycles. The smallest absolute Gasteiger partial charge is 0.336 e. The summed E-state index contributed by atoms with van der Waals surface area (Å²) in [5.74, 6) is -1.23. The molecule has 0 atom stereocenters. The highest BCUT2D eigenvalue weighted by atomic mass is 32.2. The van der Waals surface area contributed by atoms with Crippen molar-refractivity contribution in [3.05, 3.63) is 35.9 Å². The Balaban J connectivity index is 2.90. The minimum atomic E-state index is -4.02. The first kappa shape index (κ1) is 11.5. The summed E-state index contributed by atoms with van der Waals surface area (Å²) in [5, 5.41) is 13.9. The Morgan fingerprint density at radius 2 is 1.94 bits per heavy atom.